The van der Waals surface area contributed by atoms with Crippen molar-refractivity contribution in [3.05, 3.63) is 98.3 Å². The Bertz CT molecular complexity index is 1360. The molecule has 0 fully saturated rings. The molecule has 0 bridgehead atoms. The quantitative estimate of drug-likeness (QED) is 0.213. The highest BCUT2D eigenvalue weighted by Gasteiger charge is 2.17. The van der Waals surface area contributed by atoms with Crippen LogP contribution in [0.3, 0.4) is 0 Å². The van der Waals surface area contributed by atoms with Crippen LogP contribution in [0.25, 0.3) is 10.1 Å². The van der Waals surface area contributed by atoms with Gasteiger partial charge in [0.1, 0.15) is 17.2 Å². The predicted molar refractivity (Wildman–Crippen MR) is 140 cm³/mol. The maximum Gasteiger partial charge on any atom is 0.263 e. The number of rotatable bonds is 8. The van der Waals surface area contributed by atoms with Crippen molar-refractivity contribution in [1.29, 1.82) is 0 Å². The first-order chi connectivity index (χ1) is 16.5. The number of para-hydroxylation sites is 1. The van der Waals surface area contributed by atoms with Crippen LogP contribution >= 0.6 is 38.9 Å². The highest BCUT2D eigenvalue weighted by Crippen LogP contribution is 2.34. The van der Waals surface area contributed by atoms with Crippen LogP contribution in [0.1, 0.15) is 20.8 Å². The Morgan fingerprint density at radius 2 is 1.76 bits per heavy atom. The van der Waals surface area contributed by atoms with Gasteiger partial charge in [-0.25, -0.2) is 5.43 Å². The Morgan fingerprint density at radius 3 is 2.56 bits per heavy atom. The minimum atomic E-state index is -0.463. The fourth-order valence-corrected chi connectivity index (χ4v) is 4.77. The van der Waals surface area contributed by atoms with Crippen molar-refractivity contribution in [2.24, 2.45) is 5.10 Å². The standard InChI is InChI=1S/C25H19BrClN3O3S/c26-18-11-9-16(10-12-18)15-33-20-7-3-1-5-17(20)13-29-30-22(31)14-28-25(32)24-23(27)19-6-2-4-8-21(19)34-24/h1-13H,14-15H2,(H,28,32)(H,30,31)/b29-13+. The second-order valence-electron chi connectivity index (χ2n) is 7.17. The number of carbonyl (C=O) groups is 2. The van der Waals surface area contributed by atoms with E-state index >= 15 is 0 Å². The van der Waals surface area contributed by atoms with Gasteiger partial charge in [-0.3, -0.25) is 9.59 Å². The number of hydrogen-bond acceptors (Lipinski definition) is 5. The molecule has 3 aromatic carbocycles. The van der Waals surface area contributed by atoms with Gasteiger partial charge in [-0.05, 0) is 35.9 Å². The maximum atomic E-state index is 12.5. The number of halogens is 2. The van der Waals surface area contributed by atoms with Gasteiger partial charge < -0.3 is 10.1 Å². The molecule has 172 valence electrons. The molecule has 9 heteroatoms. The van der Waals surface area contributed by atoms with E-state index in [1.54, 1.807) is 0 Å². The first-order valence-corrected chi connectivity index (χ1v) is 12.2. The lowest BCUT2D eigenvalue weighted by molar-refractivity contribution is -0.120. The fraction of sp³-hybridized carbons (Fsp3) is 0.0800. The van der Waals surface area contributed by atoms with Crippen molar-refractivity contribution in [1.82, 2.24) is 10.7 Å². The zero-order valence-electron chi connectivity index (χ0n) is 17.8. The summed E-state index contributed by atoms with van der Waals surface area (Å²) < 4.78 is 7.81. The summed E-state index contributed by atoms with van der Waals surface area (Å²) in [6.45, 7) is 0.166. The van der Waals surface area contributed by atoms with E-state index in [-0.39, 0.29) is 6.54 Å². The molecule has 0 aliphatic carbocycles. The molecule has 6 nitrogen and oxygen atoms in total. The van der Waals surface area contributed by atoms with Gasteiger partial charge in [0.2, 0.25) is 0 Å². The Hall–Kier alpha value is -3.20. The van der Waals surface area contributed by atoms with Crippen molar-refractivity contribution in [2.75, 3.05) is 6.54 Å². The third-order valence-corrected chi connectivity index (χ3v) is 6.97. The molecule has 0 aliphatic rings. The highest BCUT2D eigenvalue weighted by atomic mass is 79.9. The molecule has 2 amide bonds. The highest BCUT2D eigenvalue weighted by molar-refractivity contribution is 9.10. The van der Waals surface area contributed by atoms with E-state index in [9.17, 15) is 9.59 Å². The van der Waals surface area contributed by atoms with E-state index in [2.05, 4.69) is 31.8 Å². The Kier molecular flexibility index (Phi) is 7.95. The summed E-state index contributed by atoms with van der Waals surface area (Å²) in [5.41, 5.74) is 4.15. The number of amides is 2. The van der Waals surface area contributed by atoms with Crippen LogP contribution in [0.2, 0.25) is 5.02 Å². The zero-order chi connectivity index (χ0) is 23.9. The predicted octanol–water partition coefficient (Wildman–Crippen LogP) is 5.78. The second kappa shape index (κ2) is 11.3. The van der Waals surface area contributed by atoms with Crippen molar-refractivity contribution in [3.8, 4) is 5.75 Å². The average molecular weight is 557 g/mol. The molecule has 2 N–H and O–H groups in total. The number of thiophene rings is 1. The maximum absolute atomic E-state index is 12.5. The number of nitrogens with zero attached hydrogens (tertiary/aromatic N) is 1. The number of benzene rings is 3. The molecular formula is C25H19BrClN3O3S. The monoisotopic (exact) mass is 555 g/mol. The molecule has 1 aromatic heterocycles. The lowest BCUT2D eigenvalue weighted by Gasteiger charge is -2.09. The minimum Gasteiger partial charge on any atom is -0.488 e. The molecule has 0 atom stereocenters. The molecule has 0 unspecified atom stereocenters. The van der Waals surface area contributed by atoms with E-state index in [1.807, 2.05) is 72.8 Å². The zero-order valence-corrected chi connectivity index (χ0v) is 20.9. The average Bonchev–Trinajstić information content (AvgIpc) is 3.19. The van der Waals surface area contributed by atoms with Crippen LogP contribution < -0.4 is 15.5 Å². The molecule has 0 radical (unpaired) electrons. The molecule has 4 rings (SSSR count). The molecule has 1 heterocycles. The van der Waals surface area contributed by atoms with E-state index < -0.39 is 11.8 Å². The van der Waals surface area contributed by atoms with Gasteiger partial charge in [0, 0.05) is 20.1 Å². The van der Waals surface area contributed by atoms with E-state index in [0.717, 1.165) is 20.1 Å². The van der Waals surface area contributed by atoms with Crippen molar-refractivity contribution >= 4 is 67.0 Å². The van der Waals surface area contributed by atoms with Crippen LogP contribution in [-0.4, -0.2) is 24.6 Å². The number of carbonyl (C=O) groups excluding carboxylic acids is 2. The van der Waals surface area contributed by atoms with E-state index in [0.29, 0.717) is 27.8 Å². The van der Waals surface area contributed by atoms with Crippen LogP contribution in [0.4, 0.5) is 0 Å². The molecule has 0 saturated carbocycles. The van der Waals surface area contributed by atoms with Gasteiger partial charge in [0.15, 0.2) is 0 Å². The third kappa shape index (κ3) is 6.02. The number of hydrazone groups is 1. The molecular weight excluding hydrogens is 538 g/mol. The van der Waals surface area contributed by atoms with Gasteiger partial charge in [-0.15, -0.1) is 11.3 Å². The summed E-state index contributed by atoms with van der Waals surface area (Å²) in [5.74, 6) is -0.233. The van der Waals surface area contributed by atoms with Gasteiger partial charge in [0.25, 0.3) is 11.8 Å². The van der Waals surface area contributed by atoms with Crippen LogP contribution in [0.15, 0.2) is 82.4 Å². The molecule has 34 heavy (non-hydrogen) atoms. The molecule has 0 saturated heterocycles. The summed E-state index contributed by atoms with van der Waals surface area (Å²) >= 11 is 11.0. The second-order valence-corrected chi connectivity index (χ2v) is 9.52. The summed E-state index contributed by atoms with van der Waals surface area (Å²) in [6.07, 6.45) is 1.50. The van der Waals surface area contributed by atoms with Gasteiger partial charge >= 0.3 is 0 Å². The number of fused-ring (bicyclic) bond motifs is 1. The van der Waals surface area contributed by atoms with Crippen LogP contribution in [0, 0.1) is 0 Å². The lowest BCUT2D eigenvalue weighted by Crippen LogP contribution is -2.34. The number of hydrogen-bond donors (Lipinski definition) is 2. The Balaban J connectivity index is 1.30. The van der Waals surface area contributed by atoms with Gasteiger partial charge in [-0.2, -0.15) is 5.10 Å². The first-order valence-electron chi connectivity index (χ1n) is 10.2. The summed E-state index contributed by atoms with van der Waals surface area (Å²) in [7, 11) is 0. The van der Waals surface area contributed by atoms with Crippen molar-refractivity contribution in [3.63, 3.8) is 0 Å². The van der Waals surface area contributed by atoms with Gasteiger partial charge in [-0.1, -0.05) is 70.0 Å². The largest absolute Gasteiger partial charge is 0.488 e. The first kappa shape index (κ1) is 23.9. The third-order valence-electron chi connectivity index (χ3n) is 4.77. The van der Waals surface area contributed by atoms with Crippen molar-refractivity contribution in [2.45, 2.75) is 6.61 Å². The SMILES string of the molecule is O=C(CNC(=O)c1sc2ccccc2c1Cl)N/N=C/c1ccccc1OCc1ccc(Br)cc1. The van der Waals surface area contributed by atoms with Crippen LogP contribution in [0.5, 0.6) is 5.75 Å². The Labute approximate surface area is 213 Å². The number of nitrogens with one attached hydrogen (secondary N) is 2. The van der Waals surface area contributed by atoms with Crippen molar-refractivity contribution < 1.29 is 14.3 Å². The van der Waals surface area contributed by atoms with Gasteiger partial charge in [0.05, 0.1) is 17.8 Å². The summed E-state index contributed by atoms with van der Waals surface area (Å²) in [4.78, 5) is 25.0. The molecule has 0 aliphatic heterocycles. The molecule has 0 spiro atoms. The lowest BCUT2D eigenvalue weighted by atomic mass is 10.2. The summed E-state index contributed by atoms with van der Waals surface area (Å²) in [5, 5.41) is 7.76. The normalized spacial score (nSPS) is 11.0. The Morgan fingerprint density at radius 1 is 1.03 bits per heavy atom. The van der Waals surface area contributed by atoms with E-state index in [4.69, 9.17) is 16.3 Å². The summed E-state index contributed by atoms with van der Waals surface area (Å²) in [6, 6.07) is 22.7. The molecule has 4 aromatic rings. The minimum absolute atomic E-state index is 0.234. The fourth-order valence-electron chi connectivity index (χ4n) is 3.07. The smallest absolute Gasteiger partial charge is 0.263 e. The number of ether oxygens (including phenoxy) is 1. The van der Waals surface area contributed by atoms with E-state index in [1.165, 1.54) is 17.6 Å². The topological polar surface area (TPSA) is 79.8 Å². The van der Waals surface area contributed by atoms with Crippen LogP contribution in [-0.2, 0) is 11.4 Å².